The van der Waals surface area contributed by atoms with E-state index < -0.39 is 11.1 Å². The minimum atomic E-state index is -2.00. The Morgan fingerprint density at radius 3 is 2.56 bits per heavy atom. The van der Waals surface area contributed by atoms with Gasteiger partial charge in [-0.15, -0.1) is 0 Å². The minimum absolute atomic E-state index is 0.141. The zero-order valence-corrected chi connectivity index (χ0v) is 11.4. The summed E-state index contributed by atoms with van der Waals surface area (Å²) in [5.74, 6) is 0.930. The molecule has 1 fully saturated rings. The van der Waals surface area contributed by atoms with Crippen LogP contribution < -0.4 is 5.32 Å². The maximum absolute atomic E-state index is 10.8. The Morgan fingerprint density at radius 2 is 1.89 bits per heavy atom. The Bertz CT molecular complexity index is 403. The number of piperidine rings is 1. The summed E-state index contributed by atoms with van der Waals surface area (Å²) in [6.07, 6.45) is 4.66. The summed E-state index contributed by atoms with van der Waals surface area (Å²) in [7, 11) is 0. The molecule has 100 valence electrons. The van der Waals surface area contributed by atoms with Crippen LogP contribution in [0.2, 0.25) is 0 Å². The van der Waals surface area contributed by atoms with Crippen LogP contribution in [0.15, 0.2) is 24.3 Å². The normalized spacial score (nSPS) is 18.7. The lowest BCUT2D eigenvalue weighted by molar-refractivity contribution is 0.354. The Labute approximate surface area is 111 Å². The molecule has 0 amide bonds. The van der Waals surface area contributed by atoms with Gasteiger partial charge in [0, 0.05) is 5.75 Å². The van der Waals surface area contributed by atoms with Gasteiger partial charge in [0.1, 0.15) is 0 Å². The quantitative estimate of drug-likeness (QED) is 0.829. The molecular formula is C14H20NO2S-. The largest absolute Gasteiger partial charge is 0.772 e. The minimum Gasteiger partial charge on any atom is -0.772 e. The number of nitrogens with one attached hydrogen (secondary N) is 1. The van der Waals surface area contributed by atoms with E-state index in [0.29, 0.717) is 0 Å². The van der Waals surface area contributed by atoms with Gasteiger partial charge in [-0.1, -0.05) is 35.3 Å². The summed E-state index contributed by atoms with van der Waals surface area (Å²) >= 11 is -2.00. The molecule has 0 saturated carbocycles. The second-order valence-electron chi connectivity index (χ2n) is 4.95. The van der Waals surface area contributed by atoms with Gasteiger partial charge in [-0.05, 0) is 55.8 Å². The van der Waals surface area contributed by atoms with Crippen molar-refractivity contribution in [2.24, 2.45) is 5.92 Å². The van der Waals surface area contributed by atoms with E-state index in [4.69, 9.17) is 0 Å². The summed E-state index contributed by atoms with van der Waals surface area (Å²) < 4.78 is 21.6. The maximum Gasteiger partial charge on any atom is 0.0355 e. The molecule has 1 heterocycles. The highest BCUT2D eigenvalue weighted by Crippen LogP contribution is 2.21. The average molecular weight is 266 g/mol. The molecule has 0 bridgehead atoms. The lowest BCUT2D eigenvalue weighted by Crippen LogP contribution is -2.27. The maximum atomic E-state index is 10.8. The van der Waals surface area contributed by atoms with Crippen LogP contribution in [-0.4, -0.2) is 21.9 Å². The second kappa shape index (κ2) is 7.02. The van der Waals surface area contributed by atoms with Crippen LogP contribution in [0.3, 0.4) is 0 Å². The standard InChI is InChI=1S/C14H21NO2S/c16-18(17)11-14-4-2-1-3-13(14)6-5-12-7-9-15-10-8-12/h1-4,12,15H,5-11H2,(H,16,17)/p-1. The first-order valence-corrected chi connectivity index (χ1v) is 7.83. The highest BCUT2D eigenvalue weighted by molar-refractivity contribution is 7.78. The van der Waals surface area contributed by atoms with Crippen molar-refractivity contribution in [3.05, 3.63) is 35.4 Å². The highest BCUT2D eigenvalue weighted by Gasteiger charge is 2.13. The molecule has 0 spiro atoms. The molecule has 4 heteroatoms. The zero-order chi connectivity index (χ0) is 12.8. The molecule has 1 aliphatic rings. The summed E-state index contributed by atoms with van der Waals surface area (Å²) in [4.78, 5) is 0. The Morgan fingerprint density at radius 1 is 1.22 bits per heavy atom. The SMILES string of the molecule is O=S([O-])Cc1ccccc1CCC1CCNCC1. The molecule has 1 saturated heterocycles. The van der Waals surface area contributed by atoms with Gasteiger partial charge in [0.25, 0.3) is 0 Å². The lowest BCUT2D eigenvalue weighted by Gasteiger charge is -2.23. The topological polar surface area (TPSA) is 52.2 Å². The fourth-order valence-corrected chi connectivity index (χ4v) is 3.13. The molecule has 0 radical (unpaired) electrons. The predicted octanol–water partition coefficient (Wildman–Crippen LogP) is 2.00. The van der Waals surface area contributed by atoms with Gasteiger partial charge >= 0.3 is 0 Å². The molecule has 0 aromatic heterocycles. The second-order valence-corrected chi connectivity index (χ2v) is 5.85. The molecule has 2 rings (SSSR count). The van der Waals surface area contributed by atoms with Crippen LogP contribution in [0, 0.1) is 5.92 Å². The van der Waals surface area contributed by atoms with E-state index in [1.54, 1.807) is 0 Å². The number of hydrogen-bond donors (Lipinski definition) is 1. The third-order valence-corrected chi connectivity index (χ3v) is 4.22. The number of rotatable bonds is 5. The molecule has 3 nitrogen and oxygen atoms in total. The van der Waals surface area contributed by atoms with Crippen molar-refractivity contribution in [3.63, 3.8) is 0 Å². The van der Waals surface area contributed by atoms with Crippen molar-refractivity contribution in [1.82, 2.24) is 5.32 Å². The van der Waals surface area contributed by atoms with Gasteiger partial charge in [0.2, 0.25) is 0 Å². The first kappa shape index (κ1) is 13.7. The molecule has 18 heavy (non-hydrogen) atoms. The first-order valence-electron chi connectivity index (χ1n) is 6.59. The van der Waals surface area contributed by atoms with Crippen molar-refractivity contribution < 1.29 is 8.76 Å². The van der Waals surface area contributed by atoms with Crippen LogP contribution in [0.5, 0.6) is 0 Å². The van der Waals surface area contributed by atoms with Crippen LogP contribution in [0.1, 0.15) is 30.4 Å². The molecule has 1 aliphatic heterocycles. The van der Waals surface area contributed by atoms with Crippen molar-refractivity contribution in [2.45, 2.75) is 31.4 Å². The van der Waals surface area contributed by atoms with Crippen molar-refractivity contribution >= 4 is 11.1 Å². The summed E-state index contributed by atoms with van der Waals surface area (Å²) in [5.41, 5.74) is 2.15. The number of aryl methyl sites for hydroxylation is 1. The lowest BCUT2D eigenvalue weighted by atomic mass is 9.90. The van der Waals surface area contributed by atoms with E-state index in [1.165, 1.54) is 24.8 Å². The smallest absolute Gasteiger partial charge is 0.0355 e. The van der Waals surface area contributed by atoms with Gasteiger partial charge in [0.05, 0.1) is 0 Å². The fourth-order valence-electron chi connectivity index (χ4n) is 2.60. The van der Waals surface area contributed by atoms with Gasteiger partial charge < -0.3 is 9.87 Å². The Kier molecular flexibility index (Phi) is 5.35. The van der Waals surface area contributed by atoms with E-state index in [9.17, 15) is 8.76 Å². The van der Waals surface area contributed by atoms with Gasteiger partial charge in [-0.25, -0.2) is 0 Å². The third-order valence-electron chi connectivity index (χ3n) is 3.67. The predicted molar refractivity (Wildman–Crippen MR) is 73.0 cm³/mol. The van der Waals surface area contributed by atoms with Gasteiger partial charge in [0.15, 0.2) is 0 Å². The van der Waals surface area contributed by atoms with E-state index in [0.717, 1.165) is 31.0 Å². The number of benzene rings is 1. The fraction of sp³-hybridized carbons (Fsp3) is 0.571. The third kappa shape index (κ3) is 4.19. The monoisotopic (exact) mass is 266 g/mol. The number of hydrogen-bond acceptors (Lipinski definition) is 3. The van der Waals surface area contributed by atoms with Crippen LogP contribution >= 0.6 is 0 Å². The first-order chi connectivity index (χ1) is 8.75. The summed E-state index contributed by atoms with van der Waals surface area (Å²) in [6, 6.07) is 7.89. The molecule has 1 aromatic carbocycles. The van der Waals surface area contributed by atoms with E-state index in [-0.39, 0.29) is 5.75 Å². The Balaban J connectivity index is 1.93. The average Bonchev–Trinajstić information content (AvgIpc) is 2.38. The molecule has 1 aromatic rings. The van der Waals surface area contributed by atoms with Crippen molar-refractivity contribution in [2.75, 3.05) is 13.1 Å². The van der Waals surface area contributed by atoms with E-state index in [2.05, 4.69) is 11.4 Å². The van der Waals surface area contributed by atoms with Gasteiger partial charge in [-0.2, -0.15) is 0 Å². The van der Waals surface area contributed by atoms with Crippen LogP contribution in [0.25, 0.3) is 0 Å². The molecule has 1 N–H and O–H groups in total. The highest BCUT2D eigenvalue weighted by atomic mass is 32.2. The van der Waals surface area contributed by atoms with Crippen LogP contribution in [-0.2, 0) is 23.3 Å². The van der Waals surface area contributed by atoms with E-state index >= 15 is 0 Å². The van der Waals surface area contributed by atoms with Crippen LogP contribution in [0.4, 0.5) is 0 Å². The van der Waals surface area contributed by atoms with E-state index in [1.807, 2.05) is 18.2 Å². The van der Waals surface area contributed by atoms with Crippen molar-refractivity contribution in [1.29, 1.82) is 0 Å². The molecule has 1 atom stereocenters. The molecule has 0 aliphatic carbocycles. The molecular weight excluding hydrogens is 246 g/mol. The summed E-state index contributed by atoms with van der Waals surface area (Å²) in [6.45, 7) is 2.24. The van der Waals surface area contributed by atoms with Gasteiger partial charge in [-0.3, -0.25) is 4.21 Å². The Hall–Kier alpha value is -0.710. The molecule has 1 unspecified atom stereocenters. The van der Waals surface area contributed by atoms with Crippen molar-refractivity contribution in [3.8, 4) is 0 Å². The zero-order valence-electron chi connectivity index (χ0n) is 10.6. The summed E-state index contributed by atoms with van der Waals surface area (Å²) in [5, 5.41) is 3.37.